The number of carbonyl (C=O) groups is 2. The van der Waals surface area contributed by atoms with Crippen LogP contribution in [0.2, 0.25) is 0 Å². The van der Waals surface area contributed by atoms with Gasteiger partial charge in [-0.05, 0) is 81.9 Å². The van der Waals surface area contributed by atoms with E-state index in [0.717, 1.165) is 55.7 Å². The van der Waals surface area contributed by atoms with Gasteiger partial charge in [-0.2, -0.15) is 0 Å². The summed E-state index contributed by atoms with van der Waals surface area (Å²) in [5.74, 6) is 0.0692. The van der Waals surface area contributed by atoms with Crippen LogP contribution in [0, 0.1) is 0 Å². The average Bonchev–Trinajstić information content (AvgIpc) is 2.96. The van der Waals surface area contributed by atoms with Gasteiger partial charge in [0.15, 0.2) is 0 Å². The van der Waals surface area contributed by atoms with E-state index in [-0.39, 0.29) is 11.9 Å². The molecule has 0 atom stereocenters. The number of para-hydroxylation sites is 1. The Kier molecular flexibility index (Phi) is 8.89. The maximum atomic E-state index is 13.8. The molecule has 0 aliphatic carbocycles. The lowest BCUT2D eigenvalue weighted by molar-refractivity contribution is -0.119. The Balaban J connectivity index is 1.99. The van der Waals surface area contributed by atoms with Gasteiger partial charge in [0.2, 0.25) is 5.91 Å². The Morgan fingerprint density at radius 3 is 2.15 bits per heavy atom. The van der Waals surface area contributed by atoms with Gasteiger partial charge in [-0.15, -0.1) is 0 Å². The summed E-state index contributed by atoms with van der Waals surface area (Å²) < 4.78 is 0. The molecule has 0 unspecified atom stereocenters. The van der Waals surface area contributed by atoms with E-state index in [4.69, 9.17) is 0 Å². The van der Waals surface area contributed by atoms with Crippen molar-refractivity contribution < 1.29 is 9.59 Å². The Hall–Kier alpha value is -2.86. The van der Waals surface area contributed by atoms with Crippen molar-refractivity contribution in [2.24, 2.45) is 0 Å². The van der Waals surface area contributed by atoms with Gasteiger partial charge in [-0.25, -0.2) is 4.79 Å². The van der Waals surface area contributed by atoms with Gasteiger partial charge in [-0.1, -0.05) is 38.1 Å². The Bertz CT molecular complexity index is 949. The second-order valence-corrected chi connectivity index (χ2v) is 8.58. The van der Waals surface area contributed by atoms with E-state index in [1.807, 2.05) is 49.1 Å². The topological polar surface area (TPSA) is 55.9 Å². The van der Waals surface area contributed by atoms with E-state index >= 15 is 0 Å². The molecule has 178 valence electrons. The van der Waals surface area contributed by atoms with Crippen LogP contribution in [0.15, 0.2) is 42.5 Å². The van der Waals surface area contributed by atoms with E-state index in [0.29, 0.717) is 25.3 Å². The van der Waals surface area contributed by atoms with Crippen molar-refractivity contribution in [2.45, 2.75) is 53.4 Å². The standard InChI is InChI=1S/C27H38N4O2/c1-5-17-29(18-6-2)20-26(32)31-24-12-10-9-11-21(24)13-14-22-15-16-23(19-25(22)31)28-27(33)30(7-3)8-4/h9-12,15-16,19H,5-8,13-14,17-18,20H2,1-4H3,(H,28,33). The first-order chi connectivity index (χ1) is 16.0. The van der Waals surface area contributed by atoms with E-state index in [1.54, 1.807) is 4.90 Å². The highest BCUT2D eigenvalue weighted by molar-refractivity contribution is 6.04. The summed E-state index contributed by atoms with van der Waals surface area (Å²) in [6.45, 7) is 11.7. The van der Waals surface area contributed by atoms with Gasteiger partial charge < -0.3 is 10.2 Å². The fourth-order valence-corrected chi connectivity index (χ4v) is 4.55. The average molecular weight is 451 g/mol. The molecule has 6 nitrogen and oxygen atoms in total. The lowest BCUT2D eigenvalue weighted by Gasteiger charge is -2.29. The first kappa shape index (κ1) is 24.8. The maximum Gasteiger partial charge on any atom is 0.321 e. The predicted molar refractivity (Wildman–Crippen MR) is 136 cm³/mol. The summed E-state index contributed by atoms with van der Waals surface area (Å²) >= 11 is 0. The number of urea groups is 1. The highest BCUT2D eigenvalue weighted by atomic mass is 16.2. The first-order valence-electron chi connectivity index (χ1n) is 12.3. The number of nitrogens with one attached hydrogen (secondary N) is 1. The number of rotatable bonds is 9. The molecule has 2 aromatic rings. The SMILES string of the molecule is CCCN(CCC)CC(=O)N1c2ccccc2CCc2ccc(NC(=O)N(CC)CC)cc21. The highest BCUT2D eigenvalue weighted by Gasteiger charge is 2.27. The number of nitrogens with zero attached hydrogens (tertiary/aromatic N) is 3. The van der Waals surface area contributed by atoms with Gasteiger partial charge >= 0.3 is 6.03 Å². The highest BCUT2D eigenvalue weighted by Crippen LogP contribution is 2.37. The van der Waals surface area contributed by atoms with Gasteiger partial charge in [0, 0.05) is 18.8 Å². The zero-order valence-electron chi connectivity index (χ0n) is 20.6. The first-order valence-corrected chi connectivity index (χ1v) is 12.3. The van der Waals surface area contributed by atoms with Gasteiger partial charge in [-0.3, -0.25) is 14.6 Å². The predicted octanol–water partition coefficient (Wildman–Crippen LogP) is 5.45. The molecule has 1 heterocycles. The summed E-state index contributed by atoms with van der Waals surface area (Å²) in [4.78, 5) is 32.3. The van der Waals surface area contributed by atoms with Gasteiger partial charge in [0.05, 0.1) is 17.9 Å². The minimum Gasteiger partial charge on any atom is -0.325 e. The fraction of sp³-hybridized carbons (Fsp3) is 0.481. The number of anilines is 3. The van der Waals surface area contributed by atoms with Crippen molar-refractivity contribution >= 4 is 29.0 Å². The minimum absolute atomic E-state index is 0.0692. The van der Waals surface area contributed by atoms with Crippen LogP contribution in [0.25, 0.3) is 0 Å². The van der Waals surface area contributed by atoms with Crippen molar-refractivity contribution in [3.63, 3.8) is 0 Å². The Labute approximate surface area is 198 Å². The number of amides is 3. The number of benzene rings is 2. The maximum absolute atomic E-state index is 13.8. The van der Waals surface area contributed by atoms with Crippen LogP contribution in [0.4, 0.5) is 21.9 Å². The van der Waals surface area contributed by atoms with Crippen molar-refractivity contribution in [1.29, 1.82) is 0 Å². The Morgan fingerprint density at radius 1 is 0.879 bits per heavy atom. The molecule has 3 rings (SSSR count). The van der Waals surface area contributed by atoms with Crippen LogP contribution in [-0.2, 0) is 17.6 Å². The molecule has 33 heavy (non-hydrogen) atoms. The number of hydrogen-bond acceptors (Lipinski definition) is 3. The number of carbonyl (C=O) groups excluding carboxylic acids is 2. The van der Waals surface area contributed by atoms with Crippen LogP contribution < -0.4 is 10.2 Å². The molecule has 0 saturated carbocycles. The molecular formula is C27H38N4O2. The number of hydrogen-bond donors (Lipinski definition) is 1. The normalized spacial score (nSPS) is 12.7. The van der Waals surface area contributed by atoms with E-state index in [1.165, 1.54) is 5.56 Å². The fourth-order valence-electron chi connectivity index (χ4n) is 4.55. The lowest BCUT2D eigenvalue weighted by atomic mass is 10.0. The third-order valence-electron chi connectivity index (χ3n) is 6.21. The summed E-state index contributed by atoms with van der Waals surface area (Å²) in [5, 5.41) is 3.02. The van der Waals surface area contributed by atoms with Crippen LogP contribution in [-0.4, -0.2) is 54.5 Å². The Morgan fingerprint density at radius 2 is 1.52 bits per heavy atom. The van der Waals surface area contributed by atoms with E-state index in [9.17, 15) is 9.59 Å². The lowest BCUT2D eigenvalue weighted by Crippen LogP contribution is -2.39. The molecule has 6 heteroatoms. The number of aryl methyl sites for hydroxylation is 2. The monoisotopic (exact) mass is 450 g/mol. The summed E-state index contributed by atoms with van der Waals surface area (Å²) in [7, 11) is 0. The molecule has 0 spiro atoms. The number of fused-ring (bicyclic) bond motifs is 2. The second kappa shape index (κ2) is 11.8. The van der Waals surface area contributed by atoms with Crippen LogP contribution in [0.5, 0.6) is 0 Å². The third kappa shape index (κ3) is 5.93. The molecule has 0 radical (unpaired) electrons. The smallest absolute Gasteiger partial charge is 0.321 e. The van der Waals surface area contributed by atoms with Crippen LogP contribution in [0.3, 0.4) is 0 Å². The summed E-state index contributed by atoms with van der Waals surface area (Å²) in [6.07, 6.45) is 3.77. The summed E-state index contributed by atoms with van der Waals surface area (Å²) in [5.41, 5.74) is 4.82. The van der Waals surface area contributed by atoms with Crippen molar-refractivity contribution in [3.8, 4) is 0 Å². The second-order valence-electron chi connectivity index (χ2n) is 8.58. The molecular weight excluding hydrogens is 412 g/mol. The molecule has 2 aromatic carbocycles. The summed E-state index contributed by atoms with van der Waals surface area (Å²) in [6, 6.07) is 14.0. The quantitative estimate of drug-likeness (QED) is 0.553. The van der Waals surface area contributed by atoms with Crippen LogP contribution in [0.1, 0.15) is 51.7 Å². The zero-order chi connectivity index (χ0) is 23.8. The molecule has 1 aliphatic heterocycles. The van der Waals surface area contributed by atoms with Crippen molar-refractivity contribution in [2.75, 3.05) is 42.9 Å². The van der Waals surface area contributed by atoms with E-state index in [2.05, 4.69) is 36.2 Å². The zero-order valence-corrected chi connectivity index (χ0v) is 20.6. The minimum atomic E-state index is -0.121. The van der Waals surface area contributed by atoms with Gasteiger partial charge in [0.25, 0.3) is 0 Å². The third-order valence-corrected chi connectivity index (χ3v) is 6.21. The van der Waals surface area contributed by atoms with E-state index < -0.39 is 0 Å². The van der Waals surface area contributed by atoms with Crippen molar-refractivity contribution in [1.82, 2.24) is 9.80 Å². The van der Waals surface area contributed by atoms with Crippen LogP contribution >= 0.6 is 0 Å². The largest absolute Gasteiger partial charge is 0.325 e. The molecule has 3 amide bonds. The molecule has 1 aliphatic rings. The molecule has 0 bridgehead atoms. The molecule has 0 saturated heterocycles. The molecule has 0 fully saturated rings. The van der Waals surface area contributed by atoms with Crippen molar-refractivity contribution in [3.05, 3.63) is 53.6 Å². The van der Waals surface area contributed by atoms with Gasteiger partial charge in [0.1, 0.15) is 0 Å². The molecule has 0 aromatic heterocycles. The molecule has 1 N–H and O–H groups in total.